The first kappa shape index (κ1) is 18.8. The Morgan fingerprint density at radius 1 is 1.00 bits per heavy atom. The number of hydrogen-bond donors (Lipinski definition) is 0. The van der Waals surface area contributed by atoms with E-state index in [9.17, 15) is 14.9 Å². The van der Waals surface area contributed by atoms with E-state index in [1.165, 1.54) is 12.1 Å². The zero-order chi connectivity index (χ0) is 17.1. The highest BCUT2D eigenvalue weighted by molar-refractivity contribution is 9.12. The molecule has 0 aliphatic rings. The molecule has 2 rings (SSSR count). The van der Waals surface area contributed by atoms with Crippen LogP contribution in [0, 0.1) is 10.1 Å². The number of Topliss-reactive ketones (excluding diaryl/α,β-unsaturated/α-hetero) is 1. The molecule has 23 heavy (non-hydrogen) atoms. The van der Waals surface area contributed by atoms with Crippen molar-refractivity contribution >= 4 is 75.2 Å². The van der Waals surface area contributed by atoms with Crippen molar-refractivity contribution in [3.63, 3.8) is 0 Å². The summed E-state index contributed by atoms with van der Waals surface area (Å²) >= 11 is 13.5. The fourth-order valence-electron chi connectivity index (χ4n) is 1.96. The molecule has 0 aliphatic heterocycles. The molecule has 4 nitrogen and oxygen atoms in total. The molecule has 8 heteroatoms. The molecule has 0 fully saturated rings. The number of alkyl halides is 2. The van der Waals surface area contributed by atoms with Crippen molar-refractivity contribution < 1.29 is 9.72 Å². The predicted molar refractivity (Wildman–Crippen MR) is 104 cm³/mol. The van der Waals surface area contributed by atoms with Crippen LogP contribution >= 0.6 is 63.7 Å². The smallest absolute Gasteiger partial charge is 0.280 e. The predicted octanol–water partition coefficient (Wildman–Crippen LogP) is 6.20. The number of carbonyl (C=O) groups excluding carboxylic acids is 1. The van der Waals surface area contributed by atoms with Crippen LogP contribution in [0.4, 0.5) is 5.69 Å². The van der Waals surface area contributed by atoms with Crippen LogP contribution in [0.5, 0.6) is 0 Å². The Hall–Kier alpha value is -0.570. The first-order valence-electron chi connectivity index (χ1n) is 6.33. The van der Waals surface area contributed by atoms with Crippen LogP contribution in [-0.2, 0) is 0 Å². The van der Waals surface area contributed by atoms with Gasteiger partial charge in [-0.05, 0) is 29.8 Å². The first-order chi connectivity index (χ1) is 10.8. The number of rotatable bonds is 5. The molecule has 120 valence electrons. The number of nitro benzene ring substituents is 1. The van der Waals surface area contributed by atoms with Crippen LogP contribution in [0.1, 0.15) is 20.7 Å². The molecule has 2 atom stereocenters. The van der Waals surface area contributed by atoms with Crippen LogP contribution in [0.15, 0.2) is 51.4 Å². The Labute approximate surface area is 166 Å². The lowest BCUT2D eigenvalue weighted by atomic mass is 10.0. The number of hydrogen-bond acceptors (Lipinski definition) is 3. The van der Waals surface area contributed by atoms with Gasteiger partial charge in [0, 0.05) is 15.0 Å². The van der Waals surface area contributed by atoms with Crippen LogP contribution in [0.2, 0.25) is 0 Å². The standard InChI is InChI=1S/C15H9Br4NO3/c16-9-3-1-8(2-4-9)13(18)14(19)15(21)11-7-10(17)5-6-12(11)20(22)23/h1-7,13-14H. The lowest BCUT2D eigenvalue weighted by Crippen LogP contribution is -2.20. The quantitative estimate of drug-likeness (QED) is 0.186. The molecule has 0 N–H and O–H groups in total. The van der Waals surface area contributed by atoms with Crippen molar-refractivity contribution in [3.05, 3.63) is 72.7 Å². The highest BCUT2D eigenvalue weighted by Crippen LogP contribution is 2.36. The van der Waals surface area contributed by atoms with Crippen molar-refractivity contribution in [1.29, 1.82) is 0 Å². The van der Waals surface area contributed by atoms with Gasteiger partial charge in [-0.3, -0.25) is 14.9 Å². The molecule has 2 unspecified atom stereocenters. The highest BCUT2D eigenvalue weighted by atomic mass is 79.9. The highest BCUT2D eigenvalue weighted by Gasteiger charge is 2.30. The van der Waals surface area contributed by atoms with Crippen molar-refractivity contribution in [2.75, 3.05) is 0 Å². The largest absolute Gasteiger partial charge is 0.293 e. The molecular formula is C15H9Br4NO3. The summed E-state index contributed by atoms with van der Waals surface area (Å²) < 4.78 is 1.54. The van der Waals surface area contributed by atoms with E-state index in [1.54, 1.807) is 6.07 Å². The van der Waals surface area contributed by atoms with Gasteiger partial charge in [-0.15, -0.1) is 0 Å². The molecule has 0 bridgehead atoms. The molecule has 0 spiro atoms. The molecule has 0 heterocycles. The Bertz CT molecular complexity index is 749. The summed E-state index contributed by atoms with van der Waals surface area (Å²) in [5.74, 6) is -0.359. The molecular weight excluding hydrogens is 562 g/mol. The van der Waals surface area contributed by atoms with Crippen LogP contribution in [-0.4, -0.2) is 15.5 Å². The van der Waals surface area contributed by atoms with E-state index < -0.39 is 9.75 Å². The number of carbonyl (C=O) groups is 1. The van der Waals surface area contributed by atoms with E-state index in [-0.39, 0.29) is 21.9 Å². The maximum absolute atomic E-state index is 12.7. The maximum Gasteiger partial charge on any atom is 0.280 e. The van der Waals surface area contributed by atoms with Gasteiger partial charge in [-0.2, -0.15) is 0 Å². The molecule has 0 saturated heterocycles. The van der Waals surface area contributed by atoms with Gasteiger partial charge >= 0.3 is 0 Å². The monoisotopic (exact) mass is 567 g/mol. The van der Waals surface area contributed by atoms with Gasteiger partial charge in [-0.1, -0.05) is 75.9 Å². The van der Waals surface area contributed by atoms with Crippen molar-refractivity contribution in [1.82, 2.24) is 0 Å². The summed E-state index contributed by atoms with van der Waals surface area (Å²) in [6.45, 7) is 0. The van der Waals surface area contributed by atoms with E-state index in [0.717, 1.165) is 10.0 Å². The average Bonchev–Trinajstić information content (AvgIpc) is 2.53. The molecule has 0 aliphatic carbocycles. The average molecular weight is 571 g/mol. The van der Waals surface area contributed by atoms with Gasteiger partial charge in [0.15, 0.2) is 5.78 Å². The van der Waals surface area contributed by atoms with E-state index in [4.69, 9.17) is 0 Å². The number of halogens is 4. The minimum absolute atomic E-state index is 0.0628. The van der Waals surface area contributed by atoms with Crippen molar-refractivity contribution in [2.24, 2.45) is 0 Å². The van der Waals surface area contributed by atoms with Gasteiger partial charge in [0.2, 0.25) is 0 Å². The van der Waals surface area contributed by atoms with Gasteiger partial charge < -0.3 is 0 Å². The SMILES string of the molecule is O=C(c1cc(Br)ccc1[N+](=O)[O-])C(Br)C(Br)c1ccc(Br)cc1. The van der Waals surface area contributed by atoms with E-state index in [2.05, 4.69) is 63.7 Å². The summed E-state index contributed by atoms with van der Waals surface area (Å²) in [4.78, 5) is 22.3. The van der Waals surface area contributed by atoms with Gasteiger partial charge in [0.25, 0.3) is 5.69 Å². The number of nitrogens with zero attached hydrogens (tertiary/aromatic N) is 1. The number of nitro groups is 1. The molecule has 0 aromatic heterocycles. The Kier molecular flexibility index (Phi) is 6.53. The van der Waals surface area contributed by atoms with Crippen molar-refractivity contribution in [3.8, 4) is 0 Å². The molecule has 2 aromatic rings. The van der Waals surface area contributed by atoms with Crippen molar-refractivity contribution in [2.45, 2.75) is 9.65 Å². The Balaban J connectivity index is 2.34. The molecule has 2 aromatic carbocycles. The molecule has 0 saturated carbocycles. The second-order valence-corrected chi connectivity index (χ2v) is 8.44. The lowest BCUT2D eigenvalue weighted by molar-refractivity contribution is -0.385. The minimum Gasteiger partial charge on any atom is -0.293 e. The number of ketones is 1. The summed E-state index contributed by atoms with van der Waals surface area (Å²) in [5.41, 5.74) is 0.743. The number of benzene rings is 2. The molecule has 0 radical (unpaired) electrons. The second-order valence-electron chi connectivity index (χ2n) is 4.64. The van der Waals surface area contributed by atoms with E-state index in [0.29, 0.717) is 4.47 Å². The fraction of sp³-hybridized carbons (Fsp3) is 0.133. The van der Waals surface area contributed by atoms with Crippen LogP contribution in [0.3, 0.4) is 0 Å². The third-order valence-corrected chi connectivity index (χ3v) is 6.85. The zero-order valence-corrected chi connectivity index (χ0v) is 17.7. The minimum atomic E-state index is -0.642. The van der Waals surface area contributed by atoms with Gasteiger partial charge in [0.1, 0.15) is 0 Å². The third kappa shape index (κ3) is 4.49. The Morgan fingerprint density at radius 2 is 1.57 bits per heavy atom. The van der Waals surface area contributed by atoms with Gasteiger partial charge in [0.05, 0.1) is 20.1 Å². The third-order valence-electron chi connectivity index (χ3n) is 3.12. The normalized spacial score (nSPS) is 13.4. The second kappa shape index (κ2) is 8.00. The summed E-state index contributed by atoms with van der Waals surface area (Å²) in [5, 5.41) is 11.1. The van der Waals surface area contributed by atoms with Crippen LogP contribution < -0.4 is 0 Å². The first-order valence-corrected chi connectivity index (χ1v) is 9.74. The fourth-order valence-corrected chi connectivity index (χ4v) is 3.68. The van der Waals surface area contributed by atoms with E-state index >= 15 is 0 Å². The molecule has 0 amide bonds. The zero-order valence-electron chi connectivity index (χ0n) is 11.4. The summed E-state index contributed by atoms with van der Waals surface area (Å²) in [6.07, 6.45) is 0. The Morgan fingerprint density at radius 3 is 2.13 bits per heavy atom. The van der Waals surface area contributed by atoms with E-state index in [1.807, 2.05) is 24.3 Å². The lowest BCUT2D eigenvalue weighted by Gasteiger charge is -2.16. The topological polar surface area (TPSA) is 60.2 Å². The van der Waals surface area contributed by atoms with Gasteiger partial charge in [-0.25, -0.2) is 0 Å². The maximum atomic E-state index is 12.7. The van der Waals surface area contributed by atoms with Crippen LogP contribution in [0.25, 0.3) is 0 Å². The summed E-state index contributed by atoms with van der Waals surface area (Å²) in [6, 6.07) is 11.8. The summed E-state index contributed by atoms with van der Waals surface area (Å²) in [7, 11) is 0.